The lowest BCUT2D eigenvalue weighted by Crippen LogP contribution is -2.31. The van der Waals surface area contributed by atoms with Crippen molar-refractivity contribution in [2.45, 2.75) is 38.8 Å². The number of hydrogen-bond donors (Lipinski definition) is 2. The highest BCUT2D eigenvalue weighted by Gasteiger charge is 2.21. The van der Waals surface area contributed by atoms with Gasteiger partial charge in [-0.3, -0.25) is 0 Å². The van der Waals surface area contributed by atoms with Crippen LogP contribution in [0.4, 0.5) is 0 Å². The maximum atomic E-state index is 10.3. The maximum Gasteiger partial charge on any atom is 0.0880 e. The van der Waals surface area contributed by atoms with Gasteiger partial charge in [-0.2, -0.15) is 0 Å². The Kier molecular flexibility index (Phi) is 4.30. The van der Waals surface area contributed by atoms with E-state index in [0.717, 1.165) is 18.5 Å². The second kappa shape index (κ2) is 5.29. The zero-order valence-corrected chi connectivity index (χ0v) is 9.83. The van der Waals surface area contributed by atoms with Crippen LogP contribution in [0.2, 0.25) is 0 Å². The van der Waals surface area contributed by atoms with E-state index in [4.69, 9.17) is 0 Å². The van der Waals surface area contributed by atoms with Gasteiger partial charge in [-0.15, -0.1) is 0 Å². The first-order valence-electron chi connectivity index (χ1n) is 5.53. The molecule has 0 bridgehead atoms. The van der Waals surface area contributed by atoms with E-state index in [1.54, 1.807) is 0 Å². The van der Waals surface area contributed by atoms with Crippen molar-refractivity contribution in [1.82, 2.24) is 5.32 Å². The lowest BCUT2D eigenvalue weighted by Gasteiger charge is -2.24. The van der Waals surface area contributed by atoms with Gasteiger partial charge in [0.15, 0.2) is 0 Å². The van der Waals surface area contributed by atoms with Gasteiger partial charge in [0, 0.05) is 6.04 Å². The van der Waals surface area contributed by atoms with Crippen LogP contribution in [0.15, 0.2) is 30.3 Å². The van der Waals surface area contributed by atoms with Crippen molar-refractivity contribution >= 4 is 0 Å². The van der Waals surface area contributed by atoms with Crippen molar-refractivity contribution in [3.63, 3.8) is 0 Å². The van der Waals surface area contributed by atoms with Gasteiger partial charge in [0.25, 0.3) is 0 Å². The fourth-order valence-electron chi connectivity index (χ4n) is 1.55. The second-order valence-electron chi connectivity index (χ2n) is 4.50. The van der Waals surface area contributed by atoms with Crippen LogP contribution in [0, 0.1) is 0 Å². The number of nitrogens with one attached hydrogen (secondary N) is 1. The molecule has 0 saturated carbocycles. The Hall–Kier alpha value is -0.860. The van der Waals surface area contributed by atoms with Gasteiger partial charge in [0.05, 0.1) is 5.60 Å². The lowest BCUT2D eigenvalue weighted by molar-refractivity contribution is 0.0475. The fourth-order valence-corrected chi connectivity index (χ4v) is 1.55. The Balaban J connectivity index is 2.52. The van der Waals surface area contributed by atoms with Crippen molar-refractivity contribution in [3.8, 4) is 0 Å². The summed E-state index contributed by atoms with van der Waals surface area (Å²) in [5.74, 6) is 0. The van der Waals surface area contributed by atoms with Crippen molar-refractivity contribution in [3.05, 3.63) is 35.9 Å². The molecule has 2 N–H and O–H groups in total. The molecule has 0 aliphatic rings. The summed E-state index contributed by atoms with van der Waals surface area (Å²) in [6, 6.07) is 10.3. The molecule has 2 nitrogen and oxygen atoms in total. The molecule has 0 fully saturated rings. The van der Waals surface area contributed by atoms with Crippen molar-refractivity contribution in [2.24, 2.45) is 0 Å². The molecule has 2 heteroatoms. The summed E-state index contributed by atoms with van der Waals surface area (Å²) in [4.78, 5) is 0. The number of benzene rings is 1. The van der Waals surface area contributed by atoms with E-state index in [-0.39, 0.29) is 0 Å². The smallest absolute Gasteiger partial charge is 0.0880 e. The predicted octanol–water partition coefficient (Wildman–Crippen LogP) is 2.28. The minimum atomic E-state index is -0.733. The highest BCUT2D eigenvalue weighted by Crippen LogP contribution is 2.23. The molecular weight excluding hydrogens is 186 g/mol. The van der Waals surface area contributed by atoms with Crippen molar-refractivity contribution in [1.29, 1.82) is 0 Å². The van der Waals surface area contributed by atoms with Crippen LogP contribution in [0.25, 0.3) is 0 Å². The first kappa shape index (κ1) is 12.2. The molecule has 0 radical (unpaired) electrons. The summed E-state index contributed by atoms with van der Waals surface area (Å²) in [7, 11) is 0. The van der Waals surface area contributed by atoms with Crippen LogP contribution < -0.4 is 5.32 Å². The molecule has 0 aromatic heterocycles. The molecule has 84 valence electrons. The minimum absolute atomic E-state index is 0.469. The average molecular weight is 207 g/mol. The minimum Gasteiger partial charge on any atom is -0.385 e. The average Bonchev–Trinajstić information content (AvgIpc) is 2.18. The predicted molar refractivity (Wildman–Crippen MR) is 63.8 cm³/mol. The summed E-state index contributed by atoms with van der Waals surface area (Å²) in [5.41, 5.74) is 0.249. The van der Waals surface area contributed by atoms with Crippen LogP contribution >= 0.6 is 0 Å². The lowest BCUT2D eigenvalue weighted by atomic mass is 9.92. The molecule has 15 heavy (non-hydrogen) atoms. The molecule has 0 amide bonds. The topological polar surface area (TPSA) is 32.3 Å². The molecule has 0 aliphatic carbocycles. The summed E-state index contributed by atoms with van der Waals surface area (Å²) in [6.07, 6.45) is 0.731. The van der Waals surface area contributed by atoms with Gasteiger partial charge >= 0.3 is 0 Å². The Bertz CT molecular complexity index is 280. The van der Waals surface area contributed by atoms with E-state index in [9.17, 15) is 5.11 Å². The van der Waals surface area contributed by atoms with Gasteiger partial charge in [-0.05, 0) is 25.5 Å². The Labute approximate surface area is 92.3 Å². The van der Waals surface area contributed by atoms with Crippen LogP contribution in [0.1, 0.15) is 32.8 Å². The standard InChI is InChI=1S/C13H21NO/c1-11(2)14-10-9-13(3,15)12-7-5-4-6-8-12/h4-8,11,14-15H,9-10H2,1-3H3. The molecule has 1 rings (SSSR count). The van der Waals surface area contributed by atoms with Crippen LogP contribution in [-0.2, 0) is 5.60 Å². The first-order valence-corrected chi connectivity index (χ1v) is 5.53. The summed E-state index contributed by atoms with van der Waals surface area (Å²) in [6.45, 7) is 6.92. The van der Waals surface area contributed by atoms with E-state index in [0.29, 0.717) is 6.04 Å². The molecular formula is C13H21NO. The molecule has 1 aromatic carbocycles. The van der Waals surface area contributed by atoms with E-state index in [2.05, 4.69) is 19.2 Å². The van der Waals surface area contributed by atoms with Gasteiger partial charge < -0.3 is 10.4 Å². The molecule has 0 spiro atoms. The third-order valence-corrected chi connectivity index (χ3v) is 2.56. The number of hydrogen-bond acceptors (Lipinski definition) is 2. The SMILES string of the molecule is CC(C)NCCC(C)(O)c1ccccc1. The zero-order valence-electron chi connectivity index (χ0n) is 9.83. The van der Waals surface area contributed by atoms with Gasteiger partial charge in [-0.1, -0.05) is 44.2 Å². The third kappa shape index (κ3) is 4.02. The summed E-state index contributed by atoms with van der Waals surface area (Å²) < 4.78 is 0. The number of aliphatic hydroxyl groups is 1. The Morgan fingerprint density at radius 3 is 2.40 bits per heavy atom. The molecule has 0 aliphatic heterocycles. The van der Waals surface area contributed by atoms with E-state index in [1.807, 2.05) is 37.3 Å². The highest BCUT2D eigenvalue weighted by molar-refractivity contribution is 5.21. The molecule has 0 heterocycles. The van der Waals surface area contributed by atoms with E-state index >= 15 is 0 Å². The maximum absolute atomic E-state index is 10.3. The first-order chi connectivity index (χ1) is 7.02. The second-order valence-corrected chi connectivity index (χ2v) is 4.50. The quantitative estimate of drug-likeness (QED) is 0.776. The molecule has 1 atom stereocenters. The van der Waals surface area contributed by atoms with E-state index < -0.39 is 5.60 Å². The zero-order chi connectivity index (χ0) is 11.3. The highest BCUT2D eigenvalue weighted by atomic mass is 16.3. The molecule has 1 aromatic rings. The van der Waals surface area contributed by atoms with Crippen LogP contribution in [-0.4, -0.2) is 17.7 Å². The molecule has 0 saturated heterocycles. The van der Waals surface area contributed by atoms with E-state index in [1.165, 1.54) is 0 Å². The molecule has 1 unspecified atom stereocenters. The van der Waals surface area contributed by atoms with Crippen molar-refractivity contribution in [2.75, 3.05) is 6.54 Å². The van der Waals surface area contributed by atoms with Crippen LogP contribution in [0.5, 0.6) is 0 Å². The van der Waals surface area contributed by atoms with Gasteiger partial charge in [0.2, 0.25) is 0 Å². The monoisotopic (exact) mass is 207 g/mol. The Morgan fingerprint density at radius 1 is 1.27 bits per heavy atom. The van der Waals surface area contributed by atoms with Gasteiger partial charge in [-0.25, -0.2) is 0 Å². The number of rotatable bonds is 5. The largest absolute Gasteiger partial charge is 0.385 e. The van der Waals surface area contributed by atoms with Crippen molar-refractivity contribution < 1.29 is 5.11 Å². The summed E-state index contributed by atoms with van der Waals surface area (Å²) in [5, 5.41) is 13.6. The normalized spacial score (nSPS) is 15.3. The third-order valence-electron chi connectivity index (χ3n) is 2.56. The fraction of sp³-hybridized carbons (Fsp3) is 0.538. The van der Waals surface area contributed by atoms with Gasteiger partial charge in [0.1, 0.15) is 0 Å². The Morgan fingerprint density at radius 2 is 1.87 bits per heavy atom. The summed E-state index contributed by atoms with van der Waals surface area (Å²) >= 11 is 0. The van der Waals surface area contributed by atoms with Crippen LogP contribution in [0.3, 0.4) is 0 Å².